The maximum atomic E-state index is 13.4. The average molecular weight is 532 g/mol. The molecule has 6 N–H and O–H groups in total. The standard InChI is InChI=1S/C28H30FN7O3/c1-17(39-23-6-4-5-20(29)13-23)7-9-21(14-30)32-27(37)26-24-12-18(8-10-25(24)34-35-26)19-11-22(16-31-15-19)33-28(38)36(2)3/h4-17,28,33,38H,30H2,1-3H3,(H,32,37)(H,34,35)/b9-7-,21-14+. The lowest BCUT2D eigenvalue weighted by molar-refractivity contribution is 0.0659. The number of fused-ring (bicyclic) bond motifs is 1. The Morgan fingerprint density at radius 1 is 1.18 bits per heavy atom. The summed E-state index contributed by atoms with van der Waals surface area (Å²) in [5.74, 6) is -0.462. The van der Waals surface area contributed by atoms with Crippen molar-refractivity contribution in [3.05, 3.63) is 96.5 Å². The van der Waals surface area contributed by atoms with Crippen LogP contribution >= 0.6 is 0 Å². The summed E-state index contributed by atoms with van der Waals surface area (Å²) < 4.78 is 19.1. The Morgan fingerprint density at radius 3 is 2.74 bits per heavy atom. The molecule has 2 heterocycles. The number of nitrogens with zero attached hydrogens (tertiary/aromatic N) is 3. The molecule has 2 aromatic carbocycles. The van der Waals surface area contributed by atoms with E-state index in [-0.39, 0.29) is 5.69 Å². The van der Waals surface area contributed by atoms with Crippen LogP contribution in [0.5, 0.6) is 5.75 Å². The van der Waals surface area contributed by atoms with Gasteiger partial charge in [0, 0.05) is 29.4 Å². The zero-order valence-corrected chi connectivity index (χ0v) is 21.7. The van der Waals surface area contributed by atoms with E-state index in [0.29, 0.717) is 28.0 Å². The molecule has 4 aromatic rings. The van der Waals surface area contributed by atoms with Crippen molar-refractivity contribution in [2.75, 3.05) is 19.4 Å². The second-order valence-corrected chi connectivity index (χ2v) is 8.99. The highest BCUT2D eigenvalue weighted by molar-refractivity contribution is 6.06. The van der Waals surface area contributed by atoms with Crippen molar-refractivity contribution < 1.29 is 19.0 Å². The van der Waals surface area contributed by atoms with E-state index in [1.54, 1.807) is 62.6 Å². The van der Waals surface area contributed by atoms with E-state index in [1.165, 1.54) is 18.3 Å². The number of carbonyl (C=O) groups is 1. The van der Waals surface area contributed by atoms with Crippen molar-refractivity contribution in [1.29, 1.82) is 0 Å². The Bertz CT molecular complexity index is 1520. The van der Waals surface area contributed by atoms with Gasteiger partial charge >= 0.3 is 0 Å². The molecule has 0 aliphatic carbocycles. The number of pyridine rings is 1. The van der Waals surface area contributed by atoms with Crippen molar-refractivity contribution in [2.45, 2.75) is 19.4 Å². The van der Waals surface area contributed by atoms with E-state index in [0.717, 1.165) is 11.1 Å². The fourth-order valence-electron chi connectivity index (χ4n) is 3.68. The van der Waals surface area contributed by atoms with Crippen molar-refractivity contribution in [1.82, 2.24) is 25.4 Å². The number of aromatic nitrogens is 3. The normalized spacial score (nSPS) is 13.5. The summed E-state index contributed by atoms with van der Waals surface area (Å²) in [6.45, 7) is 1.78. The molecule has 202 valence electrons. The maximum absolute atomic E-state index is 13.4. The number of carbonyl (C=O) groups excluding carboxylic acids is 1. The van der Waals surface area contributed by atoms with E-state index < -0.39 is 24.2 Å². The van der Waals surface area contributed by atoms with Gasteiger partial charge in [-0.15, -0.1) is 0 Å². The topological polar surface area (TPSA) is 141 Å². The fourth-order valence-corrected chi connectivity index (χ4v) is 3.68. The van der Waals surface area contributed by atoms with E-state index in [4.69, 9.17) is 10.5 Å². The molecule has 0 bridgehead atoms. The number of nitrogens with two attached hydrogens (primary N) is 1. The van der Waals surface area contributed by atoms with Crippen LogP contribution in [0.1, 0.15) is 17.4 Å². The minimum atomic E-state index is -0.872. The van der Waals surface area contributed by atoms with Gasteiger partial charge in [-0.3, -0.25) is 19.8 Å². The molecule has 0 saturated heterocycles. The first-order valence-electron chi connectivity index (χ1n) is 12.1. The highest BCUT2D eigenvalue weighted by Gasteiger charge is 2.16. The number of aromatic amines is 1. The molecule has 39 heavy (non-hydrogen) atoms. The monoisotopic (exact) mass is 531 g/mol. The van der Waals surface area contributed by atoms with E-state index >= 15 is 0 Å². The number of H-pyrrole nitrogens is 1. The third-order valence-electron chi connectivity index (χ3n) is 5.74. The van der Waals surface area contributed by atoms with E-state index in [1.807, 2.05) is 24.3 Å². The van der Waals surface area contributed by atoms with Gasteiger partial charge in [0.2, 0.25) is 0 Å². The zero-order valence-electron chi connectivity index (χ0n) is 21.7. The van der Waals surface area contributed by atoms with Gasteiger partial charge in [-0.2, -0.15) is 5.10 Å². The van der Waals surface area contributed by atoms with E-state index in [2.05, 4.69) is 25.8 Å². The summed E-state index contributed by atoms with van der Waals surface area (Å²) in [6, 6.07) is 13.3. The summed E-state index contributed by atoms with van der Waals surface area (Å²) in [5.41, 5.74) is 9.18. The minimum Gasteiger partial charge on any atom is -0.487 e. The molecular weight excluding hydrogens is 501 g/mol. The Labute approximate surface area is 225 Å². The van der Waals surface area contributed by atoms with Crippen LogP contribution in [0.25, 0.3) is 22.0 Å². The molecule has 4 rings (SSSR count). The molecule has 0 aliphatic heterocycles. The van der Waals surface area contributed by atoms with Gasteiger partial charge in [-0.05, 0) is 69.1 Å². The van der Waals surface area contributed by atoms with Crippen LogP contribution in [0.4, 0.5) is 10.1 Å². The van der Waals surface area contributed by atoms with Crippen LogP contribution in [0.3, 0.4) is 0 Å². The van der Waals surface area contributed by atoms with Crippen molar-refractivity contribution in [2.24, 2.45) is 5.73 Å². The molecule has 0 fully saturated rings. The maximum Gasteiger partial charge on any atom is 0.276 e. The third kappa shape index (κ3) is 6.98. The van der Waals surface area contributed by atoms with Gasteiger partial charge in [-0.1, -0.05) is 12.1 Å². The van der Waals surface area contributed by atoms with Gasteiger partial charge in [0.15, 0.2) is 12.0 Å². The molecule has 2 atom stereocenters. The quantitative estimate of drug-likeness (QED) is 0.155. The number of hydrogen-bond acceptors (Lipinski definition) is 8. The van der Waals surface area contributed by atoms with Crippen LogP contribution in [0.15, 0.2) is 85.0 Å². The summed E-state index contributed by atoms with van der Waals surface area (Å²) in [6.07, 6.45) is 6.58. The van der Waals surface area contributed by atoms with Gasteiger partial charge in [0.25, 0.3) is 5.91 Å². The van der Waals surface area contributed by atoms with Crippen molar-refractivity contribution in [3.63, 3.8) is 0 Å². The lowest BCUT2D eigenvalue weighted by atomic mass is 10.0. The average Bonchev–Trinajstić information content (AvgIpc) is 3.34. The Morgan fingerprint density at radius 2 is 2.00 bits per heavy atom. The summed E-state index contributed by atoms with van der Waals surface area (Å²) >= 11 is 0. The molecule has 10 nitrogen and oxygen atoms in total. The van der Waals surface area contributed by atoms with Gasteiger partial charge in [0.05, 0.1) is 23.1 Å². The highest BCUT2D eigenvalue weighted by Crippen LogP contribution is 2.27. The predicted octanol–water partition coefficient (Wildman–Crippen LogP) is 3.57. The highest BCUT2D eigenvalue weighted by atomic mass is 19.1. The predicted molar refractivity (Wildman–Crippen MR) is 148 cm³/mol. The number of allylic oxidation sites excluding steroid dienone is 1. The Balaban J connectivity index is 1.49. The Hall–Kier alpha value is -4.74. The minimum absolute atomic E-state index is 0.189. The number of nitrogens with one attached hydrogen (secondary N) is 3. The molecule has 0 aliphatic rings. The largest absolute Gasteiger partial charge is 0.487 e. The van der Waals surface area contributed by atoms with Crippen molar-refractivity contribution in [3.8, 4) is 16.9 Å². The number of hydrogen-bond donors (Lipinski definition) is 5. The molecule has 0 spiro atoms. The number of aliphatic hydroxyl groups is 1. The molecule has 2 unspecified atom stereocenters. The summed E-state index contributed by atoms with van der Waals surface area (Å²) in [5, 5.41) is 23.5. The van der Waals surface area contributed by atoms with Crippen LogP contribution in [0.2, 0.25) is 0 Å². The van der Waals surface area contributed by atoms with Crippen LogP contribution < -0.4 is 21.1 Å². The number of amides is 1. The smallest absolute Gasteiger partial charge is 0.276 e. The number of benzene rings is 2. The second-order valence-electron chi connectivity index (χ2n) is 8.99. The second kappa shape index (κ2) is 12.2. The van der Waals surface area contributed by atoms with Gasteiger partial charge < -0.3 is 26.2 Å². The first kappa shape index (κ1) is 27.3. The molecule has 0 saturated carbocycles. The molecule has 2 aromatic heterocycles. The Kier molecular flexibility index (Phi) is 8.54. The zero-order chi connectivity index (χ0) is 27.9. The number of ether oxygens (including phenoxy) is 1. The number of halogens is 1. The number of rotatable bonds is 10. The summed E-state index contributed by atoms with van der Waals surface area (Å²) in [7, 11) is 3.49. The lowest BCUT2D eigenvalue weighted by Crippen LogP contribution is -2.34. The van der Waals surface area contributed by atoms with Crippen LogP contribution in [0, 0.1) is 5.82 Å². The third-order valence-corrected chi connectivity index (χ3v) is 5.74. The first-order chi connectivity index (χ1) is 18.7. The molecule has 0 radical (unpaired) electrons. The molecule has 1 amide bonds. The van der Waals surface area contributed by atoms with Crippen molar-refractivity contribution >= 4 is 22.5 Å². The van der Waals surface area contributed by atoms with Crippen LogP contribution in [-0.2, 0) is 0 Å². The van der Waals surface area contributed by atoms with Gasteiger partial charge in [-0.25, -0.2) is 4.39 Å². The molecule has 11 heteroatoms. The van der Waals surface area contributed by atoms with Gasteiger partial charge in [0.1, 0.15) is 17.7 Å². The number of anilines is 1. The first-order valence-corrected chi connectivity index (χ1v) is 12.1. The van der Waals surface area contributed by atoms with E-state index in [9.17, 15) is 14.3 Å². The number of aliphatic hydroxyl groups excluding tert-OH is 1. The lowest BCUT2D eigenvalue weighted by Gasteiger charge is -2.20. The summed E-state index contributed by atoms with van der Waals surface area (Å²) in [4.78, 5) is 19.0. The fraction of sp³-hybridized carbons (Fsp3) is 0.179. The molecular formula is C28H30FN7O3. The SMILES string of the molecule is CC(/C=C\C(=C/N)NC(=O)c1n[nH]c2ccc(-c3cncc(NC(O)N(C)C)c3)cc12)Oc1cccc(F)c1. The van der Waals surface area contributed by atoms with Crippen LogP contribution in [-0.4, -0.2) is 57.6 Å².